The summed E-state index contributed by atoms with van der Waals surface area (Å²) in [5.41, 5.74) is 6.57. The van der Waals surface area contributed by atoms with Gasteiger partial charge in [-0.15, -0.1) is 0 Å². The first-order chi connectivity index (χ1) is 9.40. The van der Waals surface area contributed by atoms with E-state index in [0.29, 0.717) is 29.9 Å². The van der Waals surface area contributed by atoms with Crippen molar-refractivity contribution in [1.82, 2.24) is 9.97 Å². The van der Waals surface area contributed by atoms with Gasteiger partial charge in [-0.05, 0) is 40.0 Å². The summed E-state index contributed by atoms with van der Waals surface area (Å²) in [7, 11) is 0. The number of ether oxygens (including phenoxy) is 1. The van der Waals surface area contributed by atoms with Gasteiger partial charge in [0.1, 0.15) is 11.5 Å². The number of hydrogen-bond donors (Lipinski definition) is 2. The molecule has 0 spiro atoms. The Morgan fingerprint density at radius 2 is 2.00 bits per heavy atom. The molecule has 2 rings (SSSR count). The Labute approximate surface area is 121 Å². The molecule has 0 radical (unpaired) electrons. The van der Waals surface area contributed by atoms with E-state index < -0.39 is 0 Å². The average molecular weight is 278 g/mol. The smallest absolute Gasteiger partial charge is 0.242 e. The third-order valence-electron chi connectivity index (χ3n) is 3.10. The van der Waals surface area contributed by atoms with Crippen LogP contribution >= 0.6 is 0 Å². The van der Waals surface area contributed by atoms with Gasteiger partial charge in [0.05, 0.1) is 6.61 Å². The first-order valence-electron chi connectivity index (χ1n) is 7.49. The molecule has 5 heteroatoms. The molecule has 1 saturated carbocycles. The van der Waals surface area contributed by atoms with Gasteiger partial charge in [-0.2, -0.15) is 4.98 Å². The van der Waals surface area contributed by atoms with E-state index in [1.165, 1.54) is 0 Å². The van der Waals surface area contributed by atoms with Crippen LogP contribution in [0.25, 0.3) is 0 Å². The maximum absolute atomic E-state index is 6.15. The highest BCUT2D eigenvalue weighted by Gasteiger charge is 2.29. The van der Waals surface area contributed by atoms with Crippen LogP contribution in [0.4, 0.5) is 11.5 Å². The molecule has 0 saturated heterocycles. The van der Waals surface area contributed by atoms with Crippen LogP contribution < -0.4 is 15.8 Å². The van der Waals surface area contributed by atoms with Crippen molar-refractivity contribution in [2.75, 3.05) is 17.7 Å². The minimum Gasteiger partial charge on any atom is -0.476 e. The Kier molecular flexibility index (Phi) is 4.35. The minimum atomic E-state index is -0.0933. The minimum absolute atomic E-state index is 0.0933. The zero-order valence-electron chi connectivity index (χ0n) is 13.0. The van der Waals surface area contributed by atoms with Gasteiger partial charge in [-0.3, -0.25) is 0 Å². The highest BCUT2D eigenvalue weighted by atomic mass is 16.5. The second kappa shape index (κ2) is 5.85. The Hall–Kier alpha value is -1.52. The normalized spacial score (nSPS) is 15.2. The third-order valence-corrected chi connectivity index (χ3v) is 3.10. The fraction of sp³-hybridized carbons (Fsp3) is 0.733. The highest BCUT2D eigenvalue weighted by Crippen LogP contribution is 2.41. The number of nitrogens with zero attached hydrogens (tertiary/aromatic N) is 2. The van der Waals surface area contributed by atoms with E-state index in [9.17, 15) is 0 Å². The zero-order valence-corrected chi connectivity index (χ0v) is 13.0. The number of nitrogens with one attached hydrogen (secondary N) is 1. The van der Waals surface area contributed by atoms with Gasteiger partial charge < -0.3 is 15.8 Å². The Bertz CT molecular complexity index is 464. The summed E-state index contributed by atoms with van der Waals surface area (Å²) >= 11 is 0. The molecule has 1 aliphatic rings. The van der Waals surface area contributed by atoms with Crippen LogP contribution in [0, 0.1) is 0 Å². The van der Waals surface area contributed by atoms with Crippen LogP contribution in [0.1, 0.15) is 65.1 Å². The molecule has 0 atom stereocenters. The molecule has 1 aliphatic carbocycles. The zero-order chi connectivity index (χ0) is 14.8. The lowest BCUT2D eigenvalue weighted by Gasteiger charge is -2.23. The van der Waals surface area contributed by atoms with E-state index >= 15 is 0 Å². The molecule has 5 nitrogen and oxygen atoms in total. The van der Waals surface area contributed by atoms with E-state index in [4.69, 9.17) is 10.5 Å². The summed E-state index contributed by atoms with van der Waals surface area (Å²) in [6.45, 7) is 9.04. The Morgan fingerprint density at radius 1 is 1.30 bits per heavy atom. The molecule has 0 bridgehead atoms. The van der Waals surface area contributed by atoms with Gasteiger partial charge in [0.2, 0.25) is 5.88 Å². The fourth-order valence-corrected chi connectivity index (χ4v) is 1.86. The molecule has 1 fully saturated rings. The lowest BCUT2D eigenvalue weighted by atomic mass is 10.1. The van der Waals surface area contributed by atoms with Gasteiger partial charge in [0.15, 0.2) is 5.82 Å². The number of nitrogens with two attached hydrogens (primary N) is 1. The second-order valence-corrected chi connectivity index (χ2v) is 6.50. The molecule has 0 aromatic carbocycles. The number of rotatable bonds is 6. The summed E-state index contributed by atoms with van der Waals surface area (Å²) in [5, 5.41) is 3.35. The quantitative estimate of drug-likeness (QED) is 0.781. The van der Waals surface area contributed by atoms with Crippen LogP contribution in [0.5, 0.6) is 5.88 Å². The predicted octanol–water partition coefficient (Wildman–Crippen LogP) is 3.33. The molecule has 20 heavy (non-hydrogen) atoms. The van der Waals surface area contributed by atoms with Crippen molar-refractivity contribution in [2.24, 2.45) is 0 Å². The monoisotopic (exact) mass is 278 g/mol. The number of anilines is 2. The van der Waals surface area contributed by atoms with Crippen molar-refractivity contribution >= 4 is 11.5 Å². The van der Waals surface area contributed by atoms with Crippen molar-refractivity contribution < 1.29 is 4.74 Å². The van der Waals surface area contributed by atoms with Crippen molar-refractivity contribution in [2.45, 2.75) is 64.8 Å². The maximum atomic E-state index is 6.15. The Balaban J connectivity index is 2.24. The molecule has 0 amide bonds. The molecule has 0 aliphatic heterocycles. The van der Waals surface area contributed by atoms with Crippen molar-refractivity contribution in [3.05, 3.63) is 5.82 Å². The van der Waals surface area contributed by atoms with Crippen molar-refractivity contribution in [3.8, 4) is 5.88 Å². The van der Waals surface area contributed by atoms with E-state index in [0.717, 1.165) is 31.5 Å². The molecule has 0 unspecified atom stereocenters. The molecule has 3 N–H and O–H groups in total. The van der Waals surface area contributed by atoms with Gasteiger partial charge in [0, 0.05) is 11.5 Å². The SMILES string of the molecule is CCCCOc1nc(C2CC2)nc(NC(C)(C)C)c1N. The summed E-state index contributed by atoms with van der Waals surface area (Å²) in [6, 6.07) is 0. The molecule has 1 aromatic rings. The van der Waals surface area contributed by atoms with Crippen LogP contribution in [0.3, 0.4) is 0 Å². The van der Waals surface area contributed by atoms with E-state index in [1.807, 2.05) is 0 Å². The summed E-state index contributed by atoms with van der Waals surface area (Å²) < 4.78 is 5.73. The number of nitrogen functional groups attached to an aromatic ring is 1. The molecule has 1 aromatic heterocycles. The standard InChI is InChI=1S/C15H26N4O/c1-5-6-9-20-14-11(16)13(19-15(2,3)4)17-12(18-14)10-7-8-10/h10H,5-9,16H2,1-4H3,(H,17,18,19). The van der Waals surface area contributed by atoms with E-state index in [-0.39, 0.29) is 5.54 Å². The molecular weight excluding hydrogens is 252 g/mol. The number of aromatic nitrogens is 2. The predicted molar refractivity (Wildman–Crippen MR) is 82.2 cm³/mol. The van der Waals surface area contributed by atoms with Crippen LogP contribution in [-0.4, -0.2) is 22.1 Å². The van der Waals surface area contributed by atoms with Gasteiger partial charge >= 0.3 is 0 Å². The molecule has 112 valence electrons. The topological polar surface area (TPSA) is 73.1 Å². The highest BCUT2D eigenvalue weighted by molar-refractivity contribution is 5.67. The number of unbranched alkanes of at least 4 members (excludes halogenated alkanes) is 1. The summed E-state index contributed by atoms with van der Waals surface area (Å²) in [5.74, 6) is 2.56. The molecule has 1 heterocycles. The summed E-state index contributed by atoms with van der Waals surface area (Å²) in [6.07, 6.45) is 4.42. The van der Waals surface area contributed by atoms with Crippen LogP contribution in [-0.2, 0) is 0 Å². The number of hydrogen-bond acceptors (Lipinski definition) is 5. The first kappa shape index (κ1) is 14.9. The maximum Gasteiger partial charge on any atom is 0.242 e. The fourth-order valence-electron chi connectivity index (χ4n) is 1.86. The molecular formula is C15H26N4O. The Morgan fingerprint density at radius 3 is 2.55 bits per heavy atom. The van der Waals surface area contributed by atoms with Gasteiger partial charge in [-0.1, -0.05) is 13.3 Å². The van der Waals surface area contributed by atoms with Crippen LogP contribution in [0.15, 0.2) is 0 Å². The van der Waals surface area contributed by atoms with Gasteiger partial charge in [-0.25, -0.2) is 4.98 Å². The lowest BCUT2D eigenvalue weighted by Crippen LogP contribution is -2.28. The lowest BCUT2D eigenvalue weighted by molar-refractivity contribution is 0.298. The second-order valence-electron chi connectivity index (χ2n) is 6.50. The van der Waals surface area contributed by atoms with Gasteiger partial charge in [0.25, 0.3) is 0 Å². The summed E-state index contributed by atoms with van der Waals surface area (Å²) in [4.78, 5) is 9.08. The largest absolute Gasteiger partial charge is 0.476 e. The van der Waals surface area contributed by atoms with E-state index in [2.05, 4.69) is 43.0 Å². The average Bonchev–Trinajstić information content (AvgIpc) is 3.16. The van der Waals surface area contributed by atoms with E-state index in [1.54, 1.807) is 0 Å². The third kappa shape index (κ3) is 3.99. The first-order valence-corrected chi connectivity index (χ1v) is 7.49. The van der Waals surface area contributed by atoms with Crippen LogP contribution in [0.2, 0.25) is 0 Å². The van der Waals surface area contributed by atoms with Crippen molar-refractivity contribution in [3.63, 3.8) is 0 Å². The van der Waals surface area contributed by atoms with Crippen molar-refractivity contribution in [1.29, 1.82) is 0 Å².